The van der Waals surface area contributed by atoms with Gasteiger partial charge in [-0.2, -0.15) is 0 Å². The normalized spacial score (nSPS) is 39.7. The van der Waals surface area contributed by atoms with Crippen LogP contribution >= 0.6 is 0 Å². The van der Waals surface area contributed by atoms with Crippen molar-refractivity contribution in [2.24, 2.45) is 5.92 Å². The standard InChI is InChI=1S/C11H21NO/c1-2-5-12-10-3-4-11(12)7-9(6-10)8-13/h9-11,13H,2-8H2,1H3/t10-,11-/m0/s1. The molecule has 2 nitrogen and oxygen atoms in total. The lowest BCUT2D eigenvalue weighted by Gasteiger charge is -2.38. The number of hydrogen-bond donors (Lipinski definition) is 1. The third kappa shape index (κ3) is 1.75. The second-order valence-corrected chi connectivity index (χ2v) is 4.64. The molecule has 2 fully saturated rings. The second kappa shape index (κ2) is 3.97. The summed E-state index contributed by atoms with van der Waals surface area (Å²) in [6, 6.07) is 1.60. The van der Waals surface area contributed by atoms with Crippen molar-refractivity contribution in [3.8, 4) is 0 Å². The summed E-state index contributed by atoms with van der Waals surface area (Å²) in [5.41, 5.74) is 0. The van der Waals surface area contributed by atoms with Crippen molar-refractivity contribution >= 4 is 0 Å². The van der Waals surface area contributed by atoms with Gasteiger partial charge in [-0.05, 0) is 44.6 Å². The summed E-state index contributed by atoms with van der Waals surface area (Å²) in [5, 5.41) is 9.15. The summed E-state index contributed by atoms with van der Waals surface area (Å²) in [6.45, 7) is 3.94. The third-order valence-corrected chi connectivity index (χ3v) is 3.72. The van der Waals surface area contributed by atoms with E-state index in [0.29, 0.717) is 12.5 Å². The lowest BCUT2D eigenvalue weighted by atomic mass is 9.91. The smallest absolute Gasteiger partial charge is 0.0460 e. The van der Waals surface area contributed by atoms with Gasteiger partial charge in [0.05, 0.1) is 0 Å². The Morgan fingerprint density at radius 1 is 1.23 bits per heavy atom. The van der Waals surface area contributed by atoms with Gasteiger partial charge in [0.2, 0.25) is 0 Å². The molecule has 2 heteroatoms. The van der Waals surface area contributed by atoms with Crippen LogP contribution in [-0.4, -0.2) is 35.2 Å². The molecule has 0 aliphatic carbocycles. The molecule has 2 atom stereocenters. The van der Waals surface area contributed by atoms with Crippen molar-refractivity contribution in [2.45, 2.75) is 51.1 Å². The van der Waals surface area contributed by atoms with E-state index in [4.69, 9.17) is 5.11 Å². The first-order valence-electron chi connectivity index (χ1n) is 5.71. The van der Waals surface area contributed by atoms with Crippen molar-refractivity contribution in [3.63, 3.8) is 0 Å². The average molecular weight is 183 g/mol. The number of nitrogens with zero attached hydrogens (tertiary/aromatic N) is 1. The SMILES string of the molecule is CCCN1[C@H]2CC[C@H]1CC(CO)C2. The molecule has 2 bridgehead atoms. The molecule has 2 aliphatic heterocycles. The van der Waals surface area contributed by atoms with Gasteiger partial charge in [-0.25, -0.2) is 0 Å². The quantitative estimate of drug-likeness (QED) is 0.719. The second-order valence-electron chi connectivity index (χ2n) is 4.64. The summed E-state index contributed by atoms with van der Waals surface area (Å²) < 4.78 is 0. The van der Waals surface area contributed by atoms with Crippen molar-refractivity contribution in [1.29, 1.82) is 0 Å². The number of rotatable bonds is 3. The maximum Gasteiger partial charge on any atom is 0.0460 e. The van der Waals surface area contributed by atoms with Crippen molar-refractivity contribution < 1.29 is 5.11 Å². The summed E-state index contributed by atoms with van der Waals surface area (Å²) in [7, 11) is 0. The van der Waals surface area contributed by atoms with E-state index in [2.05, 4.69) is 11.8 Å². The Kier molecular flexibility index (Phi) is 2.89. The van der Waals surface area contributed by atoms with Crippen LogP contribution in [0.5, 0.6) is 0 Å². The molecule has 0 aromatic carbocycles. The van der Waals surface area contributed by atoms with Crippen LogP contribution in [0.3, 0.4) is 0 Å². The predicted molar refractivity (Wildman–Crippen MR) is 53.6 cm³/mol. The zero-order valence-corrected chi connectivity index (χ0v) is 8.58. The van der Waals surface area contributed by atoms with Gasteiger partial charge < -0.3 is 5.11 Å². The van der Waals surface area contributed by atoms with Crippen LogP contribution in [0.15, 0.2) is 0 Å². The Morgan fingerprint density at radius 3 is 2.31 bits per heavy atom. The Bertz CT molecular complexity index is 157. The molecule has 2 aliphatic rings. The van der Waals surface area contributed by atoms with E-state index in [1.54, 1.807) is 0 Å². The molecule has 76 valence electrons. The fourth-order valence-electron chi connectivity index (χ4n) is 3.16. The van der Waals surface area contributed by atoms with Gasteiger partial charge in [-0.3, -0.25) is 4.90 Å². The Balaban J connectivity index is 1.96. The Morgan fingerprint density at radius 2 is 1.85 bits per heavy atom. The Hall–Kier alpha value is -0.0800. The van der Waals surface area contributed by atoms with Crippen LogP contribution in [-0.2, 0) is 0 Å². The van der Waals surface area contributed by atoms with Gasteiger partial charge in [0.1, 0.15) is 0 Å². The number of aliphatic hydroxyl groups excluding tert-OH is 1. The van der Waals surface area contributed by atoms with Crippen LogP contribution < -0.4 is 0 Å². The molecular formula is C11H21NO. The molecule has 13 heavy (non-hydrogen) atoms. The minimum Gasteiger partial charge on any atom is -0.396 e. The van der Waals surface area contributed by atoms with Gasteiger partial charge in [0.25, 0.3) is 0 Å². The first kappa shape index (κ1) is 9.47. The molecule has 0 saturated carbocycles. The highest BCUT2D eigenvalue weighted by Gasteiger charge is 2.39. The first-order chi connectivity index (χ1) is 6.35. The van der Waals surface area contributed by atoms with E-state index in [9.17, 15) is 0 Å². The molecule has 0 unspecified atom stereocenters. The van der Waals surface area contributed by atoms with E-state index in [0.717, 1.165) is 12.1 Å². The highest BCUT2D eigenvalue weighted by molar-refractivity contribution is 4.94. The van der Waals surface area contributed by atoms with Crippen molar-refractivity contribution in [1.82, 2.24) is 4.90 Å². The van der Waals surface area contributed by atoms with E-state index < -0.39 is 0 Å². The zero-order valence-electron chi connectivity index (χ0n) is 8.58. The topological polar surface area (TPSA) is 23.5 Å². The molecular weight excluding hydrogens is 162 g/mol. The lowest BCUT2D eigenvalue weighted by molar-refractivity contribution is 0.0742. The number of aliphatic hydroxyl groups is 1. The third-order valence-electron chi connectivity index (χ3n) is 3.72. The molecule has 1 N–H and O–H groups in total. The van der Waals surface area contributed by atoms with Crippen LogP contribution in [0.4, 0.5) is 0 Å². The molecule has 0 amide bonds. The van der Waals surface area contributed by atoms with Crippen LogP contribution in [0.1, 0.15) is 39.0 Å². The lowest BCUT2D eigenvalue weighted by Crippen LogP contribution is -2.43. The van der Waals surface area contributed by atoms with Crippen LogP contribution in [0, 0.1) is 5.92 Å². The summed E-state index contributed by atoms with van der Waals surface area (Å²) in [5.74, 6) is 0.602. The van der Waals surface area contributed by atoms with Gasteiger partial charge in [-0.1, -0.05) is 6.92 Å². The highest BCUT2D eigenvalue weighted by Crippen LogP contribution is 2.38. The zero-order chi connectivity index (χ0) is 9.26. The first-order valence-corrected chi connectivity index (χ1v) is 5.71. The Labute approximate surface area is 80.9 Å². The van der Waals surface area contributed by atoms with Crippen LogP contribution in [0.2, 0.25) is 0 Å². The summed E-state index contributed by atoms with van der Waals surface area (Å²) in [4.78, 5) is 2.69. The van der Waals surface area contributed by atoms with Crippen LogP contribution in [0.25, 0.3) is 0 Å². The molecule has 2 heterocycles. The van der Waals surface area contributed by atoms with Crippen molar-refractivity contribution in [2.75, 3.05) is 13.2 Å². The molecule has 2 saturated heterocycles. The molecule has 0 radical (unpaired) electrons. The van der Waals surface area contributed by atoms with Gasteiger partial charge in [0.15, 0.2) is 0 Å². The fraction of sp³-hybridized carbons (Fsp3) is 1.00. The molecule has 0 aromatic rings. The highest BCUT2D eigenvalue weighted by atomic mass is 16.3. The van der Waals surface area contributed by atoms with E-state index in [1.165, 1.54) is 38.6 Å². The van der Waals surface area contributed by atoms with E-state index >= 15 is 0 Å². The van der Waals surface area contributed by atoms with Gasteiger partial charge in [-0.15, -0.1) is 0 Å². The maximum absolute atomic E-state index is 9.15. The maximum atomic E-state index is 9.15. The van der Waals surface area contributed by atoms with Gasteiger partial charge in [0, 0.05) is 18.7 Å². The summed E-state index contributed by atoms with van der Waals surface area (Å²) in [6.07, 6.45) is 6.51. The number of piperidine rings is 1. The predicted octanol–water partition coefficient (Wildman–Crippen LogP) is 1.63. The van der Waals surface area contributed by atoms with E-state index in [-0.39, 0.29) is 0 Å². The van der Waals surface area contributed by atoms with E-state index in [1.807, 2.05) is 0 Å². The minimum absolute atomic E-state index is 0.410. The monoisotopic (exact) mass is 183 g/mol. The number of fused-ring (bicyclic) bond motifs is 2. The van der Waals surface area contributed by atoms with Crippen molar-refractivity contribution in [3.05, 3.63) is 0 Å². The molecule has 0 spiro atoms. The minimum atomic E-state index is 0.410. The largest absolute Gasteiger partial charge is 0.396 e. The fourth-order valence-corrected chi connectivity index (χ4v) is 3.16. The average Bonchev–Trinajstić information content (AvgIpc) is 2.39. The molecule has 0 aromatic heterocycles. The molecule has 2 rings (SSSR count). The number of hydrogen-bond acceptors (Lipinski definition) is 2. The van der Waals surface area contributed by atoms with Gasteiger partial charge >= 0.3 is 0 Å². The summed E-state index contributed by atoms with van der Waals surface area (Å²) >= 11 is 0.